The summed E-state index contributed by atoms with van der Waals surface area (Å²) in [5, 5.41) is 3.59. The van der Waals surface area contributed by atoms with Gasteiger partial charge < -0.3 is 19.1 Å². The van der Waals surface area contributed by atoms with E-state index in [1.807, 2.05) is 47.0 Å². The Labute approximate surface area is 179 Å². The van der Waals surface area contributed by atoms with Gasteiger partial charge in [0.25, 0.3) is 5.91 Å². The standard InChI is InChI=1S/C21H23ClN4O2S/c1-15-14-29-21(23-15)26-9-5-8-25(10-11-26)20(27)16-12-17(22)18(13-19(16)28-2)24-6-3-4-7-24/h3-4,6-7,12-14H,5,8-11H2,1-2H3. The first-order chi connectivity index (χ1) is 14.1. The molecule has 0 atom stereocenters. The molecule has 0 aliphatic carbocycles. The first-order valence-electron chi connectivity index (χ1n) is 9.54. The zero-order chi connectivity index (χ0) is 20.4. The highest BCUT2D eigenvalue weighted by atomic mass is 35.5. The predicted octanol–water partition coefficient (Wildman–Crippen LogP) is 4.26. The Morgan fingerprint density at radius 1 is 1.17 bits per heavy atom. The van der Waals surface area contributed by atoms with Crippen molar-refractivity contribution in [1.29, 1.82) is 0 Å². The van der Waals surface area contributed by atoms with Gasteiger partial charge in [0, 0.05) is 50.0 Å². The molecular formula is C21H23ClN4O2S. The average Bonchev–Trinajstić information content (AvgIpc) is 3.34. The summed E-state index contributed by atoms with van der Waals surface area (Å²) in [7, 11) is 1.58. The van der Waals surface area contributed by atoms with E-state index >= 15 is 0 Å². The second-order valence-electron chi connectivity index (χ2n) is 7.00. The number of hydrogen-bond acceptors (Lipinski definition) is 5. The number of hydrogen-bond donors (Lipinski definition) is 0. The highest BCUT2D eigenvalue weighted by Crippen LogP contribution is 2.31. The van der Waals surface area contributed by atoms with Crippen LogP contribution < -0.4 is 9.64 Å². The number of ether oxygens (including phenoxy) is 1. The SMILES string of the molecule is COc1cc(-n2cccc2)c(Cl)cc1C(=O)N1CCCN(c2nc(C)cs2)CC1. The maximum atomic E-state index is 13.3. The van der Waals surface area contributed by atoms with Gasteiger partial charge in [-0.15, -0.1) is 11.3 Å². The summed E-state index contributed by atoms with van der Waals surface area (Å²) < 4.78 is 7.44. The van der Waals surface area contributed by atoms with Crippen LogP contribution in [0, 0.1) is 6.92 Å². The van der Waals surface area contributed by atoms with Crippen LogP contribution in [0.25, 0.3) is 5.69 Å². The van der Waals surface area contributed by atoms with Crippen molar-refractivity contribution in [3.63, 3.8) is 0 Å². The average molecular weight is 431 g/mol. The van der Waals surface area contributed by atoms with Gasteiger partial charge >= 0.3 is 0 Å². The van der Waals surface area contributed by atoms with E-state index in [4.69, 9.17) is 16.3 Å². The quantitative estimate of drug-likeness (QED) is 0.620. The van der Waals surface area contributed by atoms with Crippen molar-refractivity contribution < 1.29 is 9.53 Å². The molecule has 1 saturated heterocycles. The highest BCUT2D eigenvalue weighted by molar-refractivity contribution is 7.13. The van der Waals surface area contributed by atoms with Crippen LogP contribution in [-0.2, 0) is 0 Å². The number of benzene rings is 1. The number of carbonyl (C=O) groups excluding carboxylic acids is 1. The van der Waals surface area contributed by atoms with E-state index in [-0.39, 0.29) is 5.91 Å². The van der Waals surface area contributed by atoms with E-state index < -0.39 is 0 Å². The Hall–Kier alpha value is -2.51. The van der Waals surface area contributed by atoms with Crippen molar-refractivity contribution in [1.82, 2.24) is 14.5 Å². The van der Waals surface area contributed by atoms with E-state index in [9.17, 15) is 4.79 Å². The van der Waals surface area contributed by atoms with Crippen molar-refractivity contribution >= 4 is 34.0 Å². The first kappa shape index (κ1) is 19.8. The zero-order valence-corrected chi connectivity index (χ0v) is 18.0. The van der Waals surface area contributed by atoms with Gasteiger partial charge in [0.15, 0.2) is 5.13 Å². The fourth-order valence-electron chi connectivity index (χ4n) is 3.54. The van der Waals surface area contributed by atoms with Gasteiger partial charge in [-0.1, -0.05) is 11.6 Å². The van der Waals surface area contributed by atoms with Crippen LogP contribution in [0.15, 0.2) is 42.0 Å². The Morgan fingerprint density at radius 2 is 1.97 bits per heavy atom. The lowest BCUT2D eigenvalue weighted by Gasteiger charge is -2.23. The zero-order valence-electron chi connectivity index (χ0n) is 16.5. The molecule has 1 amide bonds. The number of rotatable bonds is 4. The molecule has 2 aromatic heterocycles. The monoisotopic (exact) mass is 430 g/mol. The third-order valence-electron chi connectivity index (χ3n) is 5.04. The lowest BCUT2D eigenvalue weighted by molar-refractivity contribution is 0.0763. The topological polar surface area (TPSA) is 50.6 Å². The van der Waals surface area contributed by atoms with E-state index in [1.54, 1.807) is 24.5 Å². The van der Waals surface area contributed by atoms with Gasteiger partial charge in [-0.05, 0) is 31.5 Å². The first-order valence-corrected chi connectivity index (χ1v) is 10.8. The van der Waals surface area contributed by atoms with Gasteiger partial charge in [-0.25, -0.2) is 4.98 Å². The molecule has 1 fully saturated rings. The Bertz CT molecular complexity index is 1000. The Balaban J connectivity index is 1.55. The van der Waals surface area contributed by atoms with Crippen LogP contribution in [0.1, 0.15) is 22.5 Å². The van der Waals surface area contributed by atoms with Crippen LogP contribution in [0.4, 0.5) is 5.13 Å². The summed E-state index contributed by atoms with van der Waals surface area (Å²) in [6, 6.07) is 7.38. The van der Waals surface area contributed by atoms with E-state index in [0.717, 1.165) is 36.0 Å². The maximum Gasteiger partial charge on any atom is 0.257 e. The predicted molar refractivity (Wildman–Crippen MR) is 117 cm³/mol. The van der Waals surface area contributed by atoms with Gasteiger partial charge in [0.05, 0.1) is 29.1 Å². The minimum absolute atomic E-state index is 0.0556. The Kier molecular flexibility index (Phi) is 5.78. The van der Waals surface area contributed by atoms with Crippen LogP contribution in [0.5, 0.6) is 5.75 Å². The largest absolute Gasteiger partial charge is 0.496 e. The molecule has 1 aromatic carbocycles. The highest BCUT2D eigenvalue weighted by Gasteiger charge is 2.25. The molecule has 29 heavy (non-hydrogen) atoms. The molecule has 0 unspecified atom stereocenters. The van der Waals surface area contributed by atoms with Crippen molar-refractivity contribution in [2.45, 2.75) is 13.3 Å². The molecule has 0 radical (unpaired) electrons. The minimum atomic E-state index is -0.0556. The van der Waals surface area contributed by atoms with Crippen LogP contribution in [-0.4, -0.2) is 53.6 Å². The van der Waals surface area contributed by atoms with Gasteiger partial charge in [-0.3, -0.25) is 4.79 Å². The number of aromatic nitrogens is 2. The van der Waals surface area contributed by atoms with Gasteiger partial charge in [0.2, 0.25) is 0 Å². The summed E-state index contributed by atoms with van der Waals surface area (Å²) in [5.41, 5.74) is 2.31. The fraction of sp³-hybridized carbons (Fsp3) is 0.333. The number of thiazole rings is 1. The number of aryl methyl sites for hydroxylation is 1. The molecule has 1 aliphatic heterocycles. The smallest absolute Gasteiger partial charge is 0.257 e. The maximum absolute atomic E-state index is 13.3. The van der Waals surface area contributed by atoms with E-state index in [2.05, 4.69) is 15.3 Å². The fourth-order valence-corrected chi connectivity index (χ4v) is 4.66. The molecule has 6 nitrogen and oxygen atoms in total. The van der Waals surface area contributed by atoms with E-state index in [1.165, 1.54) is 0 Å². The van der Waals surface area contributed by atoms with E-state index in [0.29, 0.717) is 29.4 Å². The number of amides is 1. The molecule has 3 heterocycles. The minimum Gasteiger partial charge on any atom is -0.496 e. The molecule has 1 aliphatic rings. The summed E-state index contributed by atoms with van der Waals surface area (Å²) in [6.45, 7) is 4.98. The number of methoxy groups -OCH3 is 1. The van der Waals surface area contributed by atoms with Crippen molar-refractivity contribution in [3.05, 3.63) is 58.3 Å². The molecular weight excluding hydrogens is 408 g/mol. The van der Waals surface area contributed by atoms with Crippen molar-refractivity contribution in [3.8, 4) is 11.4 Å². The molecule has 3 aromatic rings. The lowest BCUT2D eigenvalue weighted by Crippen LogP contribution is -2.35. The summed E-state index contributed by atoms with van der Waals surface area (Å²) in [5.74, 6) is 0.472. The van der Waals surface area contributed by atoms with Crippen LogP contribution in [0.2, 0.25) is 5.02 Å². The summed E-state index contributed by atoms with van der Waals surface area (Å²) in [6.07, 6.45) is 4.71. The summed E-state index contributed by atoms with van der Waals surface area (Å²) in [4.78, 5) is 22.0. The summed E-state index contributed by atoms with van der Waals surface area (Å²) >= 11 is 8.16. The normalized spacial score (nSPS) is 14.7. The second-order valence-corrected chi connectivity index (χ2v) is 8.24. The van der Waals surface area contributed by atoms with Crippen molar-refractivity contribution in [2.75, 3.05) is 38.2 Å². The molecule has 0 N–H and O–H groups in total. The lowest BCUT2D eigenvalue weighted by atomic mass is 10.1. The number of carbonyl (C=O) groups is 1. The molecule has 0 bridgehead atoms. The molecule has 8 heteroatoms. The molecule has 0 saturated carbocycles. The van der Waals surface area contributed by atoms with Crippen LogP contribution in [0.3, 0.4) is 0 Å². The van der Waals surface area contributed by atoms with Gasteiger partial charge in [0.1, 0.15) is 5.75 Å². The van der Waals surface area contributed by atoms with Crippen molar-refractivity contribution in [2.24, 2.45) is 0 Å². The third-order valence-corrected chi connectivity index (χ3v) is 6.36. The number of nitrogens with zero attached hydrogens (tertiary/aromatic N) is 4. The third kappa shape index (κ3) is 4.11. The second kappa shape index (κ2) is 8.47. The van der Waals surface area contributed by atoms with Crippen LogP contribution >= 0.6 is 22.9 Å². The molecule has 152 valence electrons. The number of anilines is 1. The Morgan fingerprint density at radius 3 is 2.66 bits per heavy atom. The number of halogens is 1. The molecule has 0 spiro atoms. The molecule has 4 rings (SSSR count). The van der Waals surface area contributed by atoms with Gasteiger partial charge in [-0.2, -0.15) is 0 Å².